The molecule has 0 aliphatic carbocycles. The molecule has 0 radical (unpaired) electrons. The lowest BCUT2D eigenvalue weighted by atomic mass is 10.1. The summed E-state index contributed by atoms with van der Waals surface area (Å²) in [5.41, 5.74) is 0. The van der Waals surface area contributed by atoms with Gasteiger partial charge in [-0.1, -0.05) is 23.2 Å². The average Bonchev–Trinajstić information content (AvgIpc) is 3.04. The normalized spacial score (nSPS) is 23.5. The van der Waals surface area contributed by atoms with Crippen LogP contribution in [0.5, 0.6) is 5.75 Å². The number of benzene rings is 1. The van der Waals surface area contributed by atoms with Gasteiger partial charge in [-0.25, -0.2) is 12.7 Å². The van der Waals surface area contributed by atoms with Crippen LogP contribution < -0.4 is 15.4 Å². The van der Waals surface area contributed by atoms with Gasteiger partial charge >= 0.3 is 0 Å². The standard InChI is InChI=1S/C15H21Cl2N3O3S/c16-14-2-1-13(7-15(14)17)23-12-3-5-20(6-4-12)24(21,22)9-11-8-18-10-19-11/h1-2,7,11-12,18-19H,3-6,8-10H2/t11-/m0/s1. The molecule has 0 saturated carbocycles. The maximum absolute atomic E-state index is 12.5. The monoisotopic (exact) mass is 393 g/mol. The SMILES string of the molecule is O=S(=O)(C[C@@H]1CNCN1)N1CCC(Oc2ccc(Cl)c(Cl)c2)CC1. The Labute approximate surface area is 152 Å². The van der Waals surface area contributed by atoms with Crippen LogP contribution in [0.15, 0.2) is 18.2 Å². The Bertz CT molecular complexity index is 673. The molecular weight excluding hydrogens is 373 g/mol. The Kier molecular flexibility index (Phi) is 5.89. The third-order valence-corrected chi connectivity index (χ3v) is 7.02. The fourth-order valence-corrected chi connectivity index (χ4v) is 4.99. The number of nitrogens with zero attached hydrogens (tertiary/aromatic N) is 1. The summed E-state index contributed by atoms with van der Waals surface area (Å²) in [5.74, 6) is 0.796. The number of sulfonamides is 1. The fraction of sp³-hybridized carbons (Fsp3) is 0.600. The van der Waals surface area contributed by atoms with E-state index in [9.17, 15) is 8.42 Å². The molecule has 0 unspecified atom stereocenters. The largest absolute Gasteiger partial charge is 0.490 e. The van der Waals surface area contributed by atoms with Crippen molar-refractivity contribution in [2.75, 3.05) is 32.1 Å². The quantitative estimate of drug-likeness (QED) is 0.796. The second kappa shape index (κ2) is 7.76. The molecule has 0 bridgehead atoms. The van der Waals surface area contributed by atoms with Crippen molar-refractivity contribution in [1.82, 2.24) is 14.9 Å². The van der Waals surface area contributed by atoms with Gasteiger partial charge in [0.1, 0.15) is 11.9 Å². The molecule has 2 aliphatic rings. The van der Waals surface area contributed by atoms with E-state index in [-0.39, 0.29) is 17.9 Å². The van der Waals surface area contributed by atoms with Gasteiger partial charge in [-0.15, -0.1) is 0 Å². The number of rotatable bonds is 5. The Morgan fingerprint density at radius 2 is 1.96 bits per heavy atom. The minimum atomic E-state index is -3.24. The molecule has 0 spiro atoms. The van der Waals surface area contributed by atoms with Crippen molar-refractivity contribution in [1.29, 1.82) is 0 Å². The van der Waals surface area contributed by atoms with Crippen molar-refractivity contribution in [2.24, 2.45) is 0 Å². The van der Waals surface area contributed by atoms with Crippen molar-refractivity contribution >= 4 is 33.2 Å². The summed E-state index contributed by atoms with van der Waals surface area (Å²) in [4.78, 5) is 0. The van der Waals surface area contributed by atoms with Gasteiger partial charge in [0, 0.05) is 38.4 Å². The summed E-state index contributed by atoms with van der Waals surface area (Å²) in [5, 5.41) is 7.18. The van der Waals surface area contributed by atoms with Gasteiger partial charge in [0.2, 0.25) is 10.0 Å². The highest BCUT2D eigenvalue weighted by atomic mass is 35.5. The molecule has 1 atom stereocenters. The van der Waals surface area contributed by atoms with E-state index in [0.717, 1.165) is 0 Å². The van der Waals surface area contributed by atoms with Gasteiger partial charge in [-0.3, -0.25) is 5.32 Å². The maximum atomic E-state index is 12.5. The van der Waals surface area contributed by atoms with Crippen LogP contribution in [0.25, 0.3) is 0 Å². The predicted octanol–water partition coefficient (Wildman–Crippen LogP) is 1.69. The van der Waals surface area contributed by atoms with Gasteiger partial charge < -0.3 is 10.1 Å². The lowest BCUT2D eigenvalue weighted by molar-refractivity contribution is 0.135. The average molecular weight is 394 g/mol. The number of hydrogen-bond acceptors (Lipinski definition) is 5. The summed E-state index contributed by atoms with van der Waals surface area (Å²) in [6, 6.07) is 5.14. The summed E-state index contributed by atoms with van der Waals surface area (Å²) in [7, 11) is -3.24. The van der Waals surface area contributed by atoms with Crippen molar-refractivity contribution < 1.29 is 13.2 Å². The second-order valence-corrected chi connectivity index (χ2v) is 8.93. The van der Waals surface area contributed by atoms with Crippen molar-refractivity contribution in [3.8, 4) is 5.75 Å². The highest BCUT2D eigenvalue weighted by Gasteiger charge is 2.31. The van der Waals surface area contributed by atoms with E-state index >= 15 is 0 Å². The molecule has 3 rings (SSSR count). The first-order valence-electron chi connectivity index (χ1n) is 7.98. The summed E-state index contributed by atoms with van der Waals surface area (Å²) >= 11 is 11.9. The van der Waals surface area contributed by atoms with E-state index in [0.29, 0.717) is 54.9 Å². The Morgan fingerprint density at radius 1 is 1.21 bits per heavy atom. The van der Waals surface area contributed by atoms with Gasteiger partial charge in [0.05, 0.1) is 15.8 Å². The van der Waals surface area contributed by atoms with Gasteiger partial charge in [-0.2, -0.15) is 0 Å². The fourth-order valence-electron chi connectivity index (χ4n) is 2.98. The molecule has 134 valence electrons. The number of hydrogen-bond donors (Lipinski definition) is 2. The zero-order valence-corrected chi connectivity index (χ0v) is 15.5. The smallest absolute Gasteiger partial charge is 0.215 e. The third-order valence-electron chi connectivity index (χ3n) is 4.31. The van der Waals surface area contributed by atoms with Gasteiger partial charge in [0.15, 0.2) is 0 Å². The van der Waals surface area contributed by atoms with Crippen molar-refractivity contribution in [3.63, 3.8) is 0 Å². The van der Waals surface area contributed by atoms with Crippen LogP contribution in [0.1, 0.15) is 12.8 Å². The van der Waals surface area contributed by atoms with Crippen LogP contribution in [-0.2, 0) is 10.0 Å². The van der Waals surface area contributed by atoms with Gasteiger partial charge in [0.25, 0.3) is 0 Å². The van der Waals surface area contributed by atoms with Crippen molar-refractivity contribution in [3.05, 3.63) is 28.2 Å². The number of ether oxygens (including phenoxy) is 1. The lowest BCUT2D eigenvalue weighted by Gasteiger charge is -2.32. The highest BCUT2D eigenvalue weighted by molar-refractivity contribution is 7.89. The van der Waals surface area contributed by atoms with Crippen LogP contribution >= 0.6 is 23.2 Å². The van der Waals surface area contributed by atoms with Crippen molar-refractivity contribution in [2.45, 2.75) is 25.0 Å². The summed E-state index contributed by atoms with van der Waals surface area (Å²) in [6.07, 6.45) is 1.31. The first-order valence-corrected chi connectivity index (χ1v) is 10.3. The topological polar surface area (TPSA) is 70.7 Å². The lowest BCUT2D eigenvalue weighted by Crippen LogP contribution is -2.46. The molecule has 2 saturated heterocycles. The second-order valence-electron chi connectivity index (χ2n) is 6.10. The van der Waals surface area contributed by atoms with Crippen LogP contribution in [0.4, 0.5) is 0 Å². The number of halogens is 2. The van der Waals surface area contributed by atoms with Crippen LogP contribution in [0.3, 0.4) is 0 Å². The molecule has 9 heteroatoms. The van der Waals surface area contributed by atoms with E-state index in [1.807, 2.05) is 0 Å². The molecule has 24 heavy (non-hydrogen) atoms. The van der Waals surface area contributed by atoms with E-state index in [1.165, 1.54) is 0 Å². The van der Waals surface area contributed by atoms with E-state index in [1.54, 1.807) is 22.5 Å². The zero-order valence-electron chi connectivity index (χ0n) is 13.2. The first kappa shape index (κ1) is 18.2. The van der Waals surface area contributed by atoms with E-state index < -0.39 is 10.0 Å². The first-order chi connectivity index (χ1) is 11.4. The molecular formula is C15H21Cl2N3O3S. The Hall–Kier alpha value is -0.570. The molecule has 0 aromatic heterocycles. The molecule has 1 aromatic carbocycles. The highest BCUT2D eigenvalue weighted by Crippen LogP contribution is 2.28. The number of piperidine rings is 1. The minimum absolute atomic E-state index is 0.0137. The summed E-state index contributed by atoms with van der Waals surface area (Å²) in [6.45, 7) is 2.32. The number of nitrogens with one attached hydrogen (secondary N) is 2. The molecule has 2 fully saturated rings. The summed E-state index contributed by atoms with van der Waals surface area (Å²) < 4.78 is 32.4. The third kappa shape index (κ3) is 4.53. The molecule has 2 aliphatic heterocycles. The molecule has 2 heterocycles. The molecule has 6 nitrogen and oxygen atoms in total. The Morgan fingerprint density at radius 3 is 2.58 bits per heavy atom. The molecule has 0 amide bonds. The Balaban J connectivity index is 1.52. The van der Waals surface area contributed by atoms with E-state index in [4.69, 9.17) is 27.9 Å². The predicted molar refractivity (Wildman–Crippen MR) is 95.3 cm³/mol. The van der Waals surface area contributed by atoms with Crippen LogP contribution in [0.2, 0.25) is 10.0 Å². The van der Waals surface area contributed by atoms with E-state index in [2.05, 4.69) is 10.6 Å². The van der Waals surface area contributed by atoms with Crippen LogP contribution in [-0.4, -0.2) is 56.9 Å². The zero-order chi connectivity index (χ0) is 17.2. The molecule has 2 N–H and O–H groups in total. The maximum Gasteiger partial charge on any atom is 0.215 e. The van der Waals surface area contributed by atoms with Crippen LogP contribution in [0, 0.1) is 0 Å². The van der Waals surface area contributed by atoms with Gasteiger partial charge in [-0.05, 0) is 25.0 Å². The molecule has 1 aromatic rings. The minimum Gasteiger partial charge on any atom is -0.490 e.